The van der Waals surface area contributed by atoms with Crippen molar-refractivity contribution in [3.8, 4) is 11.5 Å². The van der Waals surface area contributed by atoms with Gasteiger partial charge in [0.15, 0.2) is 11.5 Å². The number of hydrogen-bond acceptors (Lipinski definition) is 5. The lowest BCUT2D eigenvalue weighted by Gasteiger charge is -2.11. The van der Waals surface area contributed by atoms with Gasteiger partial charge in [0.25, 0.3) is 5.69 Å². The summed E-state index contributed by atoms with van der Waals surface area (Å²) in [7, 11) is 1.41. The standard InChI is InChI=1S/C13H10Cl2N2O4/c1-20-12-4-9(17(18)19)2-3-11(12)21-7-8-6-16-13(15)5-10(8)14/h2-6H,7H2,1H3. The summed E-state index contributed by atoms with van der Waals surface area (Å²) in [6.45, 7) is 0.136. The number of pyridine rings is 1. The van der Waals surface area contributed by atoms with Gasteiger partial charge in [-0.1, -0.05) is 23.2 Å². The molecule has 0 atom stereocenters. The van der Waals surface area contributed by atoms with E-state index in [4.69, 9.17) is 32.7 Å². The van der Waals surface area contributed by atoms with E-state index in [-0.39, 0.29) is 23.2 Å². The van der Waals surface area contributed by atoms with E-state index in [1.54, 1.807) is 0 Å². The van der Waals surface area contributed by atoms with E-state index in [1.165, 1.54) is 37.6 Å². The van der Waals surface area contributed by atoms with E-state index in [2.05, 4.69) is 4.98 Å². The average molecular weight is 329 g/mol. The number of nitro benzene ring substituents is 1. The lowest BCUT2D eigenvalue weighted by atomic mass is 10.2. The molecule has 0 aliphatic rings. The van der Waals surface area contributed by atoms with Gasteiger partial charge in [0.1, 0.15) is 11.8 Å². The van der Waals surface area contributed by atoms with Crippen LogP contribution in [0, 0.1) is 10.1 Å². The molecule has 2 aromatic rings. The van der Waals surface area contributed by atoms with Gasteiger partial charge in [-0.3, -0.25) is 10.1 Å². The van der Waals surface area contributed by atoms with Crippen LogP contribution in [0.25, 0.3) is 0 Å². The van der Waals surface area contributed by atoms with Gasteiger partial charge < -0.3 is 9.47 Å². The number of halogens is 2. The summed E-state index contributed by atoms with van der Waals surface area (Å²) in [5.74, 6) is 0.636. The van der Waals surface area contributed by atoms with Gasteiger partial charge in [0.05, 0.1) is 23.1 Å². The molecule has 0 aliphatic heterocycles. The molecule has 0 bridgehead atoms. The number of benzene rings is 1. The highest BCUT2D eigenvalue weighted by Gasteiger charge is 2.13. The summed E-state index contributed by atoms with van der Waals surface area (Å²) >= 11 is 11.7. The molecule has 0 saturated carbocycles. The lowest BCUT2D eigenvalue weighted by Crippen LogP contribution is -2.00. The van der Waals surface area contributed by atoms with E-state index in [9.17, 15) is 10.1 Å². The molecule has 0 spiro atoms. The maximum absolute atomic E-state index is 10.7. The molecule has 0 fully saturated rings. The zero-order chi connectivity index (χ0) is 15.4. The van der Waals surface area contributed by atoms with Gasteiger partial charge in [-0.2, -0.15) is 0 Å². The molecule has 0 radical (unpaired) electrons. The molecular formula is C13H10Cl2N2O4. The third kappa shape index (κ3) is 3.74. The number of nitro groups is 1. The number of nitrogens with zero attached hydrogens (tertiary/aromatic N) is 2. The normalized spacial score (nSPS) is 10.2. The summed E-state index contributed by atoms with van der Waals surface area (Å²) in [4.78, 5) is 14.1. The fraction of sp³-hybridized carbons (Fsp3) is 0.154. The number of methoxy groups -OCH3 is 1. The van der Waals surface area contributed by atoms with Crippen LogP contribution >= 0.6 is 23.2 Å². The summed E-state index contributed by atoms with van der Waals surface area (Å²) in [6.07, 6.45) is 1.50. The van der Waals surface area contributed by atoms with Crippen molar-refractivity contribution in [3.63, 3.8) is 0 Å². The van der Waals surface area contributed by atoms with Crippen LogP contribution in [0.5, 0.6) is 11.5 Å². The monoisotopic (exact) mass is 328 g/mol. The highest BCUT2D eigenvalue weighted by atomic mass is 35.5. The first-order chi connectivity index (χ1) is 10.0. The highest BCUT2D eigenvalue weighted by molar-refractivity contribution is 6.34. The number of rotatable bonds is 5. The van der Waals surface area contributed by atoms with Crippen LogP contribution in [0.15, 0.2) is 30.5 Å². The van der Waals surface area contributed by atoms with Crippen molar-refractivity contribution in [2.45, 2.75) is 6.61 Å². The quantitative estimate of drug-likeness (QED) is 0.473. The Labute approximate surface area is 130 Å². The van der Waals surface area contributed by atoms with E-state index in [1.807, 2.05) is 0 Å². The molecule has 2 rings (SSSR count). The van der Waals surface area contributed by atoms with Crippen molar-refractivity contribution in [2.24, 2.45) is 0 Å². The van der Waals surface area contributed by atoms with Crippen molar-refractivity contribution in [3.05, 3.63) is 56.3 Å². The van der Waals surface area contributed by atoms with Crippen LogP contribution in [0.4, 0.5) is 5.69 Å². The molecule has 0 saturated heterocycles. The Morgan fingerprint density at radius 1 is 1.29 bits per heavy atom. The third-order valence-corrected chi connectivity index (χ3v) is 3.20. The smallest absolute Gasteiger partial charge is 0.273 e. The minimum Gasteiger partial charge on any atom is -0.493 e. The van der Waals surface area contributed by atoms with Crippen molar-refractivity contribution >= 4 is 28.9 Å². The van der Waals surface area contributed by atoms with Gasteiger partial charge in [-0.05, 0) is 12.1 Å². The molecule has 6 nitrogen and oxygen atoms in total. The number of aromatic nitrogens is 1. The first-order valence-corrected chi connectivity index (χ1v) is 6.52. The van der Waals surface area contributed by atoms with Crippen LogP contribution in [-0.2, 0) is 6.61 Å². The molecule has 110 valence electrons. The van der Waals surface area contributed by atoms with E-state index in [0.717, 1.165) is 0 Å². The van der Waals surface area contributed by atoms with E-state index >= 15 is 0 Å². The van der Waals surface area contributed by atoms with Crippen LogP contribution in [0.3, 0.4) is 0 Å². The predicted octanol–water partition coefficient (Wildman–Crippen LogP) is 3.88. The Kier molecular flexibility index (Phi) is 4.82. The van der Waals surface area contributed by atoms with Gasteiger partial charge in [-0.25, -0.2) is 4.98 Å². The molecule has 21 heavy (non-hydrogen) atoms. The molecule has 0 aliphatic carbocycles. The molecule has 8 heteroatoms. The first-order valence-electron chi connectivity index (χ1n) is 5.76. The Hall–Kier alpha value is -2.05. The fourth-order valence-corrected chi connectivity index (χ4v) is 2.01. The number of ether oxygens (including phenoxy) is 2. The second kappa shape index (κ2) is 6.60. The predicted molar refractivity (Wildman–Crippen MR) is 78.2 cm³/mol. The van der Waals surface area contributed by atoms with E-state index in [0.29, 0.717) is 16.3 Å². The topological polar surface area (TPSA) is 74.5 Å². The van der Waals surface area contributed by atoms with Gasteiger partial charge >= 0.3 is 0 Å². The molecule has 0 unspecified atom stereocenters. The maximum atomic E-state index is 10.7. The van der Waals surface area contributed by atoms with Crippen molar-refractivity contribution in [2.75, 3.05) is 7.11 Å². The van der Waals surface area contributed by atoms with Crippen LogP contribution in [-0.4, -0.2) is 17.0 Å². The summed E-state index contributed by atoms with van der Waals surface area (Å²) in [5, 5.41) is 11.4. The second-order valence-electron chi connectivity index (χ2n) is 3.98. The van der Waals surface area contributed by atoms with Crippen molar-refractivity contribution in [1.82, 2.24) is 4.98 Å². The highest BCUT2D eigenvalue weighted by Crippen LogP contribution is 2.32. The molecule has 1 heterocycles. The molecule has 1 aromatic carbocycles. The Bertz CT molecular complexity index is 679. The van der Waals surface area contributed by atoms with Crippen LogP contribution < -0.4 is 9.47 Å². The van der Waals surface area contributed by atoms with Crippen molar-refractivity contribution < 1.29 is 14.4 Å². The van der Waals surface area contributed by atoms with Crippen molar-refractivity contribution in [1.29, 1.82) is 0 Å². The Morgan fingerprint density at radius 2 is 2.05 bits per heavy atom. The Morgan fingerprint density at radius 3 is 2.67 bits per heavy atom. The number of non-ortho nitro benzene ring substituents is 1. The van der Waals surface area contributed by atoms with Gasteiger partial charge in [0.2, 0.25) is 0 Å². The second-order valence-corrected chi connectivity index (χ2v) is 4.77. The van der Waals surface area contributed by atoms with Crippen LogP contribution in [0.1, 0.15) is 5.56 Å². The largest absolute Gasteiger partial charge is 0.493 e. The zero-order valence-corrected chi connectivity index (χ0v) is 12.4. The summed E-state index contributed by atoms with van der Waals surface area (Å²) in [5.41, 5.74) is 0.562. The summed E-state index contributed by atoms with van der Waals surface area (Å²) in [6, 6.07) is 5.60. The van der Waals surface area contributed by atoms with Gasteiger partial charge in [0, 0.05) is 17.8 Å². The lowest BCUT2D eigenvalue weighted by molar-refractivity contribution is -0.385. The summed E-state index contributed by atoms with van der Waals surface area (Å²) < 4.78 is 10.6. The third-order valence-electron chi connectivity index (χ3n) is 2.64. The molecule has 0 N–H and O–H groups in total. The van der Waals surface area contributed by atoms with E-state index < -0.39 is 4.92 Å². The molecule has 1 aromatic heterocycles. The Balaban J connectivity index is 2.17. The maximum Gasteiger partial charge on any atom is 0.273 e. The minimum absolute atomic E-state index is 0.0783. The average Bonchev–Trinajstić information content (AvgIpc) is 2.46. The molecule has 0 amide bonds. The van der Waals surface area contributed by atoms with Crippen LogP contribution in [0.2, 0.25) is 10.2 Å². The number of hydrogen-bond donors (Lipinski definition) is 0. The molecular weight excluding hydrogens is 319 g/mol. The minimum atomic E-state index is -0.508. The van der Waals surface area contributed by atoms with Gasteiger partial charge in [-0.15, -0.1) is 0 Å². The zero-order valence-electron chi connectivity index (χ0n) is 10.9. The fourth-order valence-electron chi connectivity index (χ4n) is 1.59. The SMILES string of the molecule is COc1cc([N+](=O)[O-])ccc1OCc1cnc(Cl)cc1Cl. The first kappa shape index (κ1) is 15.3.